The van der Waals surface area contributed by atoms with Crippen LogP contribution in [0, 0.1) is 5.82 Å². The lowest BCUT2D eigenvalue weighted by Crippen LogP contribution is -2.20. The van der Waals surface area contributed by atoms with E-state index in [-0.39, 0.29) is 11.9 Å². The van der Waals surface area contributed by atoms with Crippen LogP contribution < -0.4 is 10.6 Å². The van der Waals surface area contributed by atoms with E-state index in [1.807, 2.05) is 7.05 Å². The van der Waals surface area contributed by atoms with Crippen LogP contribution in [0.2, 0.25) is 0 Å². The first-order valence-electron chi connectivity index (χ1n) is 7.69. The molecule has 4 rings (SSSR count). The Balaban J connectivity index is 1.61. The molecule has 0 fully saturated rings. The predicted octanol–water partition coefficient (Wildman–Crippen LogP) is 3.39. The van der Waals surface area contributed by atoms with Gasteiger partial charge in [-0.1, -0.05) is 6.07 Å². The maximum absolute atomic E-state index is 13.5. The summed E-state index contributed by atoms with van der Waals surface area (Å²) in [5, 5.41) is 7.35. The molecule has 1 aliphatic carbocycles. The fourth-order valence-electron chi connectivity index (χ4n) is 3.21. The molecule has 0 saturated carbocycles. The Morgan fingerprint density at radius 1 is 1.04 bits per heavy atom. The van der Waals surface area contributed by atoms with Crippen LogP contribution in [-0.2, 0) is 12.8 Å². The van der Waals surface area contributed by atoms with Crippen LogP contribution in [0.5, 0.6) is 0 Å². The summed E-state index contributed by atoms with van der Waals surface area (Å²) in [5.74, 6) is 0.421. The zero-order valence-corrected chi connectivity index (χ0v) is 12.8. The number of rotatable bonds is 3. The topological polar surface area (TPSA) is 49.8 Å². The lowest BCUT2D eigenvalue weighted by molar-refractivity contribution is 0.629. The normalized spacial score (nSPS) is 16.3. The first-order valence-corrected chi connectivity index (χ1v) is 7.69. The van der Waals surface area contributed by atoms with Crippen molar-refractivity contribution in [3.8, 4) is 0 Å². The molecule has 1 heterocycles. The van der Waals surface area contributed by atoms with Gasteiger partial charge in [-0.3, -0.25) is 0 Å². The Morgan fingerprint density at radius 3 is 2.78 bits per heavy atom. The quantitative estimate of drug-likeness (QED) is 0.779. The highest BCUT2D eigenvalue weighted by atomic mass is 19.1. The van der Waals surface area contributed by atoms with E-state index in [0.717, 1.165) is 29.4 Å². The van der Waals surface area contributed by atoms with E-state index in [4.69, 9.17) is 0 Å². The minimum atomic E-state index is -0.274. The lowest BCUT2D eigenvalue weighted by Gasteiger charge is -2.14. The summed E-state index contributed by atoms with van der Waals surface area (Å²) in [6.45, 7) is 0. The van der Waals surface area contributed by atoms with Crippen molar-refractivity contribution in [1.82, 2.24) is 9.97 Å². The Bertz CT molecular complexity index is 878. The summed E-state index contributed by atoms with van der Waals surface area (Å²) >= 11 is 0. The molecule has 23 heavy (non-hydrogen) atoms. The summed E-state index contributed by atoms with van der Waals surface area (Å²) in [4.78, 5) is 8.50. The number of hydrogen-bond acceptors (Lipinski definition) is 4. The molecule has 0 amide bonds. The number of benzene rings is 2. The third-order valence-electron chi connectivity index (χ3n) is 4.37. The second kappa shape index (κ2) is 5.50. The molecule has 1 aliphatic rings. The van der Waals surface area contributed by atoms with Crippen molar-refractivity contribution in [2.45, 2.75) is 18.9 Å². The highest BCUT2D eigenvalue weighted by Crippen LogP contribution is 2.28. The third kappa shape index (κ3) is 2.59. The maximum Gasteiger partial charge on any atom is 0.137 e. The zero-order valence-electron chi connectivity index (χ0n) is 12.8. The SMILES string of the molecule is CNc1ccc2c(c1)CC(Nc1ncnc3ccc(F)cc13)C2. The lowest BCUT2D eigenvalue weighted by atomic mass is 10.1. The highest BCUT2D eigenvalue weighted by molar-refractivity contribution is 5.88. The molecule has 5 heteroatoms. The zero-order chi connectivity index (χ0) is 15.8. The van der Waals surface area contributed by atoms with Gasteiger partial charge in [0.25, 0.3) is 0 Å². The van der Waals surface area contributed by atoms with Crippen molar-refractivity contribution in [3.05, 3.63) is 59.7 Å². The second-order valence-electron chi connectivity index (χ2n) is 5.87. The van der Waals surface area contributed by atoms with Gasteiger partial charge in [0.05, 0.1) is 5.52 Å². The van der Waals surface area contributed by atoms with Crippen LogP contribution in [0.3, 0.4) is 0 Å². The fourth-order valence-corrected chi connectivity index (χ4v) is 3.21. The Hall–Kier alpha value is -2.69. The molecule has 116 valence electrons. The van der Waals surface area contributed by atoms with Gasteiger partial charge in [0, 0.05) is 24.2 Å². The number of anilines is 2. The Morgan fingerprint density at radius 2 is 1.91 bits per heavy atom. The van der Waals surface area contributed by atoms with E-state index >= 15 is 0 Å². The number of aromatic nitrogens is 2. The molecule has 1 atom stereocenters. The molecular formula is C18H17FN4. The number of hydrogen-bond donors (Lipinski definition) is 2. The molecule has 3 aromatic rings. The molecule has 0 aliphatic heterocycles. The Labute approximate surface area is 133 Å². The average molecular weight is 308 g/mol. The van der Waals surface area contributed by atoms with E-state index < -0.39 is 0 Å². The largest absolute Gasteiger partial charge is 0.388 e. The second-order valence-corrected chi connectivity index (χ2v) is 5.87. The van der Waals surface area contributed by atoms with Gasteiger partial charge in [0.15, 0.2) is 0 Å². The van der Waals surface area contributed by atoms with E-state index in [0.29, 0.717) is 5.82 Å². The van der Waals surface area contributed by atoms with Crippen LogP contribution in [0.1, 0.15) is 11.1 Å². The van der Waals surface area contributed by atoms with Gasteiger partial charge < -0.3 is 10.6 Å². The van der Waals surface area contributed by atoms with Crippen molar-refractivity contribution < 1.29 is 4.39 Å². The first-order chi connectivity index (χ1) is 11.2. The van der Waals surface area contributed by atoms with Crippen LogP contribution >= 0.6 is 0 Å². The summed E-state index contributed by atoms with van der Waals surface area (Å²) in [7, 11) is 1.92. The number of halogens is 1. The van der Waals surface area contributed by atoms with E-state index in [1.165, 1.54) is 29.6 Å². The van der Waals surface area contributed by atoms with Gasteiger partial charge in [0.1, 0.15) is 18.0 Å². The van der Waals surface area contributed by atoms with Gasteiger partial charge >= 0.3 is 0 Å². The summed E-state index contributed by atoms with van der Waals surface area (Å²) in [5.41, 5.74) is 4.57. The molecule has 1 aromatic heterocycles. The average Bonchev–Trinajstić information content (AvgIpc) is 2.96. The van der Waals surface area contributed by atoms with Crippen LogP contribution in [0.15, 0.2) is 42.7 Å². The van der Waals surface area contributed by atoms with Crippen molar-refractivity contribution in [2.75, 3.05) is 17.7 Å². The molecule has 0 saturated heterocycles. The van der Waals surface area contributed by atoms with Gasteiger partial charge in [0.2, 0.25) is 0 Å². The standard InChI is InChI=1S/C18H17FN4/c1-20-14-4-2-11-6-15(8-12(11)7-14)23-18-16-9-13(19)3-5-17(16)21-10-22-18/h2-5,7,9-10,15,20H,6,8H2,1H3,(H,21,22,23). The van der Waals surface area contributed by atoms with E-state index in [9.17, 15) is 4.39 Å². The van der Waals surface area contributed by atoms with Crippen molar-refractivity contribution in [2.24, 2.45) is 0 Å². The van der Waals surface area contributed by atoms with Crippen molar-refractivity contribution in [1.29, 1.82) is 0 Å². The molecule has 2 N–H and O–H groups in total. The first kappa shape index (κ1) is 13.9. The van der Waals surface area contributed by atoms with Crippen LogP contribution in [-0.4, -0.2) is 23.1 Å². The minimum Gasteiger partial charge on any atom is -0.388 e. The monoisotopic (exact) mass is 308 g/mol. The van der Waals surface area contributed by atoms with Gasteiger partial charge in [-0.2, -0.15) is 0 Å². The molecular weight excluding hydrogens is 291 g/mol. The van der Waals surface area contributed by atoms with Crippen LogP contribution in [0.4, 0.5) is 15.9 Å². The molecule has 2 aromatic carbocycles. The van der Waals surface area contributed by atoms with Crippen molar-refractivity contribution in [3.63, 3.8) is 0 Å². The third-order valence-corrected chi connectivity index (χ3v) is 4.37. The summed E-state index contributed by atoms with van der Waals surface area (Å²) in [6.07, 6.45) is 3.40. The van der Waals surface area contributed by atoms with E-state index in [1.54, 1.807) is 6.07 Å². The number of nitrogens with zero attached hydrogens (tertiary/aromatic N) is 2. The maximum atomic E-state index is 13.5. The fraction of sp³-hybridized carbons (Fsp3) is 0.222. The smallest absolute Gasteiger partial charge is 0.137 e. The number of fused-ring (bicyclic) bond motifs is 2. The van der Waals surface area contributed by atoms with E-state index in [2.05, 4.69) is 38.8 Å². The van der Waals surface area contributed by atoms with Gasteiger partial charge in [-0.25, -0.2) is 14.4 Å². The molecule has 0 spiro atoms. The number of nitrogens with one attached hydrogen (secondary N) is 2. The molecule has 0 bridgehead atoms. The van der Waals surface area contributed by atoms with Gasteiger partial charge in [-0.15, -0.1) is 0 Å². The minimum absolute atomic E-state index is 0.262. The van der Waals surface area contributed by atoms with Crippen LogP contribution in [0.25, 0.3) is 10.9 Å². The summed E-state index contributed by atoms with van der Waals surface area (Å²) < 4.78 is 13.5. The predicted molar refractivity (Wildman–Crippen MR) is 90.3 cm³/mol. The Kier molecular flexibility index (Phi) is 3.33. The molecule has 4 nitrogen and oxygen atoms in total. The molecule has 0 radical (unpaired) electrons. The summed E-state index contributed by atoms with van der Waals surface area (Å²) in [6, 6.07) is 11.3. The van der Waals surface area contributed by atoms with Gasteiger partial charge in [-0.05, 0) is 54.3 Å². The van der Waals surface area contributed by atoms with Crippen molar-refractivity contribution >= 4 is 22.4 Å². The molecule has 1 unspecified atom stereocenters. The highest BCUT2D eigenvalue weighted by Gasteiger charge is 2.22.